The fourth-order valence-electron chi connectivity index (χ4n) is 2.36. The van der Waals surface area contributed by atoms with Crippen molar-refractivity contribution in [2.24, 2.45) is 0 Å². The molecular weight excluding hydrogens is 280 g/mol. The molecule has 0 saturated carbocycles. The van der Waals surface area contributed by atoms with Gasteiger partial charge >= 0.3 is 0 Å². The topological polar surface area (TPSA) is 36.9 Å². The summed E-state index contributed by atoms with van der Waals surface area (Å²) in [5, 5.41) is 0. The summed E-state index contributed by atoms with van der Waals surface area (Å²) in [6.45, 7) is 0. The molecule has 0 atom stereocenters. The zero-order valence-electron chi connectivity index (χ0n) is 13.3. The Bertz CT molecular complexity index is 641. The van der Waals surface area contributed by atoms with Gasteiger partial charge in [0.15, 0.2) is 11.5 Å². The molecular formula is C18H20O4. The van der Waals surface area contributed by atoms with E-state index in [4.69, 9.17) is 18.9 Å². The van der Waals surface area contributed by atoms with Gasteiger partial charge in [0.25, 0.3) is 5.95 Å². The van der Waals surface area contributed by atoms with E-state index in [1.165, 1.54) is 0 Å². The summed E-state index contributed by atoms with van der Waals surface area (Å²) in [7, 11) is 6.38. The number of ether oxygens (including phenoxy) is 4. The predicted molar refractivity (Wildman–Crippen MR) is 86.0 cm³/mol. The second-order valence-electron chi connectivity index (χ2n) is 4.48. The molecule has 4 nitrogen and oxygen atoms in total. The van der Waals surface area contributed by atoms with Gasteiger partial charge < -0.3 is 18.9 Å². The summed E-state index contributed by atoms with van der Waals surface area (Å²) in [4.78, 5) is 0. The molecule has 0 aliphatic carbocycles. The quantitative estimate of drug-likeness (QED) is 0.762. The smallest absolute Gasteiger partial charge is 0.287 e. The van der Waals surface area contributed by atoms with Crippen molar-refractivity contribution in [3.05, 3.63) is 65.6 Å². The maximum atomic E-state index is 5.54. The average molecular weight is 300 g/mol. The van der Waals surface area contributed by atoms with E-state index in [0.717, 1.165) is 16.7 Å². The Morgan fingerprint density at radius 3 is 1.95 bits per heavy atom. The van der Waals surface area contributed by atoms with Gasteiger partial charge in [-0.1, -0.05) is 42.5 Å². The van der Waals surface area contributed by atoms with E-state index >= 15 is 0 Å². The van der Waals surface area contributed by atoms with E-state index in [1.807, 2.05) is 48.5 Å². The highest BCUT2D eigenvalue weighted by atomic mass is 16.7. The van der Waals surface area contributed by atoms with Gasteiger partial charge in [-0.15, -0.1) is 0 Å². The van der Waals surface area contributed by atoms with Crippen molar-refractivity contribution in [2.45, 2.75) is 0 Å². The first-order chi connectivity index (χ1) is 10.8. The van der Waals surface area contributed by atoms with Crippen LogP contribution in [0.5, 0.6) is 11.5 Å². The van der Waals surface area contributed by atoms with Gasteiger partial charge in [-0.25, -0.2) is 0 Å². The van der Waals surface area contributed by atoms with Crippen LogP contribution in [-0.2, 0) is 9.47 Å². The summed E-state index contributed by atoms with van der Waals surface area (Å²) < 4.78 is 21.7. The predicted octanol–water partition coefficient (Wildman–Crippen LogP) is 3.71. The van der Waals surface area contributed by atoms with Crippen molar-refractivity contribution in [1.29, 1.82) is 0 Å². The van der Waals surface area contributed by atoms with Gasteiger partial charge in [-0.05, 0) is 11.6 Å². The van der Waals surface area contributed by atoms with Crippen LogP contribution in [0.1, 0.15) is 11.1 Å². The lowest BCUT2D eigenvalue weighted by molar-refractivity contribution is 0.0982. The molecule has 0 amide bonds. The lowest BCUT2D eigenvalue weighted by atomic mass is 9.97. The van der Waals surface area contributed by atoms with E-state index < -0.39 is 0 Å². The van der Waals surface area contributed by atoms with Crippen LogP contribution in [0, 0.1) is 0 Å². The first-order valence-electron chi connectivity index (χ1n) is 6.85. The van der Waals surface area contributed by atoms with Crippen LogP contribution in [0.3, 0.4) is 0 Å². The second-order valence-corrected chi connectivity index (χ2v) is 4.48. The fraction of sp³-hybridized carbons (Fsp3) is 0.222. The molecule has 0 saturated heterocycles. The molecule has 0 bridgehead atoms. The zero-order valence-corrected chi connectivity index (χ0v) is 13.3. The SMILES string of the molecule is COC(OC)=C(c1ccccc1)c1cccc(OC)c1OC. The number of benzene rings is 2. The highest BCUT2D eigenvalue weighted by Gasteiger charge is 2.20. The van der Waals surface area contributed by atoms with Gasteiger partial charge in [-0.3, -0.25) is 0 Å². The second kappa shape index (κ2) is 7.41. The summed E-state index contributed by atoms with van der Waals surface area (Å²) >= 11 is 0. The third kappa shape index (κ3) is 3.01. The van der Waals surface area contributed by atoms with E-state index in [2.05, 4.69) is 0 Å². The van der Waals surface area contributed by atoms with E-state index in [-0.39, 0.29) is 0 Å². The van der Waals surface area contributed by atoms with E-state index in [1.54, 1.807) is 28.4 Å². The van der Waals surface area contributed by atoms with Gasteiger partial charge in [0, 0.05) is 5.56 Å². The fourth-order valence-corrected chi connectivity index (χ4v) is 2.36. The molecule has 116 valence electrons. The van der Waals surface area contributed by atoms with Crippen LogP contribution in [-0.4, -0.2) is 28.4 Å². The minimum atomic E-state index is 0.415. The molecule has 4 heteroatoms. The highest BCUT2D eigenvalue weighted by molar-refractivity contribution is 5.84. The molecule has 0 radical (unpaired) electrons. The first-order valence-corrected chi connectivity index (χ1v) is 6.85. The lowest BCUT2D eigenvalue weighted by Gasteiger charge is -2.17. The third-order valence-corrected chi connectivity index (χ3v) is 3.31. The maximum Gasteiger partial charge on any atom is 0.287 e. The molecule has 0 unspecified atom stereocenters. The highest BCUT2D eigenvalue weighted by Crippen LogP contribution is 2.39. The molecule has 0 aliphatic rings. The molecule has 0 heterocycles. The monoisotopic (exact) mass is 300 g/mol. The average Bonchev–Trinajstić information content (AvgIpc) is 2.59. The minimum absolute atomic E-state index is 0.415. The van der Waals surface area contributed by atoms with Crippen LogP contribution in [0.4, 0.5) is 0 Å². The van der Waals surface area contributed by atoms with E-state index in [0.29, 0.717) is 17.4 Å². The van der Waals surface area contributed by atoms with Gasteiger partial charge in [0.2, 0.25) is 0 Å². The summed E-state index contributed by atoms with van der Waals surface area (Å²) in [6.07, 6.45) is 0. The van der Waals surface area contributed by atoms with Crippen LogP contribution in [0.2, 0.25) is 0 Å². The Labute approximate surface area is 130 Å². The molecule has 0 spiro atoms. The summed E-state index contributed by atoms with van der Waals surface area (Å²) in [5.74, 6) is 1.70. The van der Waals surface area contributed by atoms with E-state index in [9.17, 15) is 0 Å². The molecule has 2 aromatic carbocycles. The number of rotatable bonds is 6. The molecule has 0 aliphatic heterocycles. The van der Waals surface area contributed by atoms with Crippen molar-refractivity contribution >= 4 is 5.57 Å². The van der Waals surface area contributed by atoms with Gasteiger partial charge in [0.1, 0.15) is 0 Å². The number of hydrogen-bond acceptors (Lipinski definition) is 4. The third-order valence-electron chi connectivity index (χ3n) is 3.31. The number of methoxy groups -OCH3 is 4. The van der Waals surface area contributed by atoms with Crippen molar-refractivity contribution in [3.8, 4) is 11.5 Å². The summed E-state index contributed by atoms with van der Waals surface area (Å²) in [6, 6.07) is 15.6. The molecule has 2 aromatic rings. The number of hydrogen-bond donors (Lipinski definition) is 0. The molecule has 0 fully saturated rings. The number of para-hydroxylation sites is 1. The van der Waals surface area contributed by atoms with Crippen LogP contribution >= 0.6 is 0 Å². The molecule has 22 heavy (non-hydrogen) atoms. The Morgan fingerprint density at radius 2 is 1.41 bits per heavy atom. The molecule has 2 rings (SSSR count). The molecule has 0 aromatic heterocycles. The Kier molecular flexibility index (Phi) is 5.31. The van der Waals surface area contributed by atoms with Crippen molar-refractivity contribution in [1.82, 2.24) is 0 Å². The largest absolute Gasteiger partial charge is 0.493 e. The Hall–Kier alpha value is -2.62. The normalized spacial score (nSPS) is 9.82. The summed E-state index contributed by atoms with van der Waals surface area (Å²) in [5.41, 5.74) is 2.61. The minimum Gasteiger partial charge on any atom is -0.493 e. The maximum absolute atomic E-state index is 5.54. The van der Waals surface area contributed by atoms with Crippen LogP contribution in [0.15, 0.2) is 54.5 Å². The van der Waals surface area contributed by atoms with Crippen molar-refractivity contribution in [3.63, 3.8) is 0 Å². The first kappa shape index (κ1) is 15.8. The zero-order chi connectivity index (χ0) is 15.9. The van der Waals surface area contributed by atoms with Crippen LogP contribution in [0.25, 0.3) is 5.57 Å². The Morgan fingerprint density at radius 1 is 0.727 bits per heavy atom. The van der Waals surface area contributed by atoms with Crippen molar-refractivity contribution < 1.29 is 18.9 Å². The van der Waals surface area contributed by atoms with Gasteiger partial charge in [0.05, 0.1) is 34.0 Å². The van der Waals surface area contributed by atoms with Gasteiger partial charge in [-0.2, -0.15) is 0 Å². The standard InChI is InChI=1S/C18H20O4/c1-19-15-12-8-11-14(17(15)20-2)16(18(21-3)22-4)13-9-6-5-7-10-13/h5-12H,1-4H3. The van der Waals surface area contributed by atoms with Crippen molar-refractivity contribution in [2.75, 3.05) is 28.4 Å². The molecule has 0 N–H and O–H groups in total. The van der Waals surface area contributed by atoms with Crippen LogP contribution < -0.4 is 9.47 Å². The lowest BCUT2D eigenvalue weighted by Crippen LogP contribution is -2.02. The Balaban J connectivity index is 2.74.